The summed E-state index contributed by atoms with van der Waals surface area (Å²) in [6, 6.07) is 17.0. The normalized spacial score (nSPS) is 12.2. The van der Waals surface area contributed by atoms with E-state index in [-0.39, 0.29) is 0 Å². The largest absolute Gasteiger partial charge is 0.378 e. The zero-order valence-electron chi connectivity index (χ0n) is 12.0. The number of nitrogens with two attached hydrogens (primary N) is 1. The van der Waals surface area contributed by atoms with E-state index >= 15 is 0 Å². The topological polar surface area (TPSA) is 29.3 Å². The number of benzene rings is 2. The molecule has 2 aromatic rings. The quantitative estimate of drug-likeness (QED) is 0.902. The molecule has 2 rings (SSSR count). The Labute approximate surface area is 129 Å². The zero-order valence-corrected chi connectivity index (χ0v) is 13.6. The first kappa shape index (κ1) is 15.1. The van der Waals surface area contributed by atoms with Gasteiger partial charge in [-0.3, -0.25) is 0 Å². The second kappa shape index (κ2) is 6.91. The fourth-order valence-corrected chi connectivity index (χ4v) is 2.95. The molecule has 0 saturated heterocycles. The van der Waals surface area contributed by atoms with Crippen LogP contribution in [0.3, 0.4) is 0 Å². The number of nitrogens with zero attached hydrogens (tertiary/aromatic N) is 1. The van der Waals surface area contributed by atoms with Crippen LogP contribution in [0.2, 0.25) is 0 Å². The summed E-state index contributed by atoms with van der Waals surface area (Å²) in [5, 5.41) is 0. The second-order valence-corrected chi connectivity index (χ2v) is 6.07. The van der Waals surface area contributed by atoms with Gasteiger partial charge in [0, 0.05) is 30.2 Å². The van der Waals surface area contributed by atoms with Gasteiger partial charge >= 0.3 is 0 Å². The average Bonchev–Trinajstić information content (AvgIpc) is 2.46. The van der Waals surface area contributed by atoms with Gasteiger partial charge < -0.3 is 10.6 Å². The third kappa shape index (κ3) is 3.62. The molecule has 0 aliphatic rings. The smallest absolute Gasteiger partial charge is 0.0361 e. The lowest BCUT2D eigenvalue weighted by Gasteiger charge is -2.18. The molecule has 2 N–H and O–H groups in total. The van der Waals surface area contributed by atoms with Crippen LogP contribution in [0.15, 0.2) is 53.0 Å². The lowest BCUT2D eigenvalue weighted by Crippen LogP contribution is -2.15. The van der Waals surface area contributed by atoms with Crippen LogP contribution in [-0.2, 0) is 6.42 Å². The van der Waals surface area contributed by atoms with Crippen molar-refractivity contribution in [2.75, 3.05) is 25.5 Å². The number of rotatable bonds is 5. The number of halogens is 1. The molecule has 3 heteroatoms. The first-order valence-corrected chi connectivity index (χ1v) is 7.62. The van der Waals surface area contributed by atoms with Crippen LogP contribution in [0.1, 0.15) is 17.0 Å². The maximum absolute atomic E-state index is 5.97. The van der Waals surface area contributed by atoms with Gasteiger partial charge in [-0.25, -0.2) is 0 Å². The summed E-state index contributed by atoms with van der Waals surface area (Å²) in [6.45, 7) is 0.651. The Hall–Kier alpha value is -1.32. The van der Waals surface area contributed by atoms with Gasteiger partial charge in [0.2, 0.25) is 0 Å². The predicted molar refractivity (Wildman–Crippen MR) is 90.4 cm³/mol. The summed E-state index contributed by atoms with van der Waals surface area (Å²) < 4.78 is 1.14. The van der Waals surface area contributed by atoms with E-state index in [9.17, 15) is 0 Å². The van der Waals surface area contributed by atoms with Crippen LogP contribution in [0.25, 0.3) is 0 Å². The van der Waals surface area contributed by atoms with Crippen molar-refractivity contribution in [3.63, 3.8) is 0 Å². The number of hydrogen-bond donors (Lipinski definition) is 1. The molecule has 106 valence electrons. The highest BCUT2D eigenvalue weighted by Crippen LogP contribution is 2.27. The SMILES string of the molecule is CN(C)c1ccc(CC(CN)c2ccccc2Br)cc1. The van der Waals surface area contributed by atoms with E-state index in [0.29, 0.717) is 12.5 Å². The monoisotopic (exact) mass is 332 g/mol. The van der Waals surface area contributed by atoms with Crippen LogP contribution < -0.4 is 10.6 Å². The molecule has 1 unspecified atom stereocenters. The standard InChI is InChI=1S/C17H21BrN2/c1-20(2)15-9-7-13(8-10-15)11-14(12-19)16-5-3-4-6-17(16)18/h3-10,14H,11-12,19H2,1-2H3. The molecular formula is C17H21BrN2. The van der Waals surface area contributed by atoms with Crippen LogP contribution in [0.5, 0.6) is 0 Å². The van der Waals surface area contributed by atoms with E-state index in [4.69, 9.17) is 5.73 Å². The van der Waals surface area contributed by atoms with Gasteiger partial charge in [-0.2, -0.15) is 0 Å². The van der Waals surface area contributed by atoms with Gasteiger partial charge in [0.1, 0.15) is 0 Å². The predicted octanol–water partition coefficient (Wildman–Crippen LogP) is 3.80. The second-order valence-electron chi connectivity index (χ2n) is 5.22. The fourth-order valence-electron chi connectivity index (χ4n) is 2.34. The van der Waals surface area contributed by atoms with Crippen LogP contribution in [0, 0.1) is 0 Å². The molecule has 0 saturated carbocycles. The summed E-state index contributed by atoms with van der Waals surface area (Å²) in [7, 11) is 4.11. The van der Waals surface area contributed by atoms with E-state index in [2.05, 4.69) is 77.4 Å². The molecular weight excluding hydrogens is 312 g/mol. The van der Waals surface area contributed by atoms with Crippen molar-refractivity contribution < 1.29 is 0 Å². The highest BCUT2D eigenvalue weighted by atomic mass is 79.9. The van der Waals surface area contributed by atoms with E-state index in [1.165, 1.54) is 16.8 Å². The molecule has 20 heavy (non-hydrogen) atoms. The molecule has 0 aliphatic heterocycles. The molecule has 0 fully saturated rings. The van der Waals surface area contributed by atoms with Crippen molar-refractivity contribution >= 4 is 21.6 Å². The molecule has 0 bridgehead atoms. The maximum Gasteiger partial charge on any atom is 0.0361 e. The van der Waals surface area contributed by atoms with E-state index in [1.807, 2.05) is 6.07 Å². The Bertz CT molecular complexity index is 549. The van der Waals surface area contributed by atoms with Gasteiger partial charge in [-0.05, 0) is 42.3 Å². The van der Waals surface area contributed by atoms with Gasteiger partial charge in [-0.15, -0.1) is 0 Å². The van der Waals surface area contributed by atoms with E-state index < -0.39 is 0 Å². The van der Waals surface area contributed by atoms with Crippen LogP contribution in [0.4, 0.5) is 5.69 Å². The first-order chi connectivity index (χ1) is 9.61. The number of anilines is 1. The highest BCUT2D eigenvalue weighted by Gasteiger charge is 2.13. The van der Waals surface area contributed by atoms with Crippen molar-refractivity contribution in [1.82, 2.24) is 0 Å². The Morgan fingerprint density at radius 1 is 1.05 bits per heavy atom. The average molecular weight is 333 g/mol. The molecule has 1 atom stereocenters. The first-order valence-electron chi connectivity index (χ1n) is 6.82. The molecule has 0 radical (unpaired) electrons. The fraction of sp³-hybridized carbons (Fsp3) is 0.294. The van der Waals surface area contributed by atoms with Gasteiger partial charge in [-0.1, -0.05) is 46.3 Å². The molecule has 0 amide bonds. The maximum atomic E-state index is 5.97. The van der Waals surface area contributed by atoms with Crippen molar-refractivity contribution in [1.29, 1.82) is 0 Å². The van der Waals surface area contributed by atoms with Crippen LogP contribution in [-0.4, -0.2) is 20.6 Å². The Balaban J connectivity index is 2.16. The van der Waals surface area contributed by atoms with Gasteiger partial charge in [0.15, 0.2) is 0 Å². The summed E-state index contributed by atoms with van der Waals surface area (Å²) in [5.74, 6) is 0.343. The summed E-state index contributed by atoms with van der Waals surface area (Å²) in [4.78, 5) is 2.11. The zero-order chi connectivity index (χ0) is 14.5. The van der Waals surface area contributed by atoms with Gasteiger partial charge in [0.25, 0.3) is 0 Å². The van der Waals surface area contributed by atoms with E-state index in [0.717, 1.165) is 10.9 Å². The summed E-state index contributed by atoms with van der Waals surface area (Å²) >= 11 is 3.62. The summed E-state index contributed by atoms with van der Waals surface area (Å²) in [5.41, 5.74) is 9.80. The third-order valence-corrected chi connectivity index (χ3v) is 4.29. The van der Waals surface area contributed by atoms with Gasteiger partial charge in [0.05, 0.1) is 0 Å². The number of hydrogen-bond acceptors (Lipinski definition) is 2. The molecule has 0 aliphatic carbocycles. The molecule has 0 heterocycles. The third-order valence-electron chi connectivity index (χ3n) is 3.56. The Morgan fingerprint density at radius 2 is 1.70 bits per heavy atom. The minimum Gasteiger partial charge on any atom is -0.378 e. The minimum absolute atomic E-state index is 0.343. The Morgan fingerprint density at radius 3 is 2.25 bits per heavy atom. The Kier molecular flexibility index (Phi) is 5.21. The van der Waals surface area contributed by atoms with Crippen molar-refractivity contribution in [3.8, 4) is 0 Å². The lowest BCUT2D eigenvalue weighted by molar-refractivity contribution is 0.691. The van der Waals surface area contributed by atoms with Crippen molar-refractivity contribution in [2.24, 2.45) is 5.73 Å². The van der Waals surface area contributed by atoms with Crippen molar-refractivity contribution in [3.05, 3.63) is 64.1 Å². The van der Waals surface area contributed by atoms with E-state index in [1.54, 1.807) is 0 Å². The summed E-state index contributed by atoms with van der Waals surface area (Å²) in [6.07, 6.45) is 0.965. The minimum atomic E-state index is 0.343. The highest BCUT2D eigenvalue weighted by molar-refractivity contribution is 9.10. The lowest BCUT2D eigenvalue weighted by atomic mass is 9.92. The van der Waals surface area contributed by atoms with Crippen molar-refractivity contribution in [2.45, 2.75) is 12.3 Å². The molecule has 0 aromatic heterocycles. The van der Waals surface area contributed by atoms with Crippen LogP contribution >= 0.6 is 15.9 Å². The molecule has 2 aromatic carbocycles. The molecule has 0 spiro atoms. The molecule has 2 nitrogen and oxygen atoms in total.